The van der Waals surface area contributed by atoms with Gasteiger partial charge in [0.15, 0.2) is 0 Å². The van der Waals surface area contributed by atoms with Gasteiger partial charge in [-0.15, -0.1) is 0 Å². The number of ether oxygens (including phenoxy) is 2. The number of carboxylic acids is 1. The van der Waals surface area contributed by atoms with Crippen LogP contribution in [0, 0.1) is 0 Å². The van der Waals surface area contributed by atoms with Gasteiger partial charge in [-0.2, -0.15) is 0 Å². The molecule has 174 valence electrons. The molecule has 8 heteroatoms. The number of alkyl carbamates (subject to hydrolysis) is 1. The Bertz CT molecular complexity index is 1000. The van der Waals surface area contributed by atoms with Crippen LogP contribution in [0.5, 0.6) is 0 Å². The number of carbonyl (C=O) groups is 3. The molecule has 2 amide bonds. The summed E-state index contributed by atoms with van der Waals surface area (Å²) in [5.41, 5.74) is 3.29. The minimum atomic E-state index is -1.21. The predicted octanol–water partition coefficient (Wildman–Crippen LogP) is 3.01. The summed E-state index contributed by atoms with van der Waals surface area (Å²) in [6.45, 7) is 0.830. The van der Waals surface area contributed by atoms with Gasteiger partial charge in [0.05, 0.1) is 6.61 Å². The number of rotatable bonds is 8. The molecular weight excluding hydrogens is 424 g/mol. The average molecular weight is 453 g/mol. The quantitative estimate of drug-likeness (QED) is 0.638. The van der Waals surface area contributed by atoms with E-state index in [0.717, 1.165) is 22.3 Å². The third kappa shape index (κ3) is 4.71. The highest BCUT2D eigenvalue weighted by molar-refractivity contribution is 5.90. The van der Waals surface area contributed by atoms with E-state index in [-0.39, 0.29) is 38.0 Å². The number of carboxylic acid groups (broad SMARTS) is 1. The lowest BCUT2D eigenvalue weighted by Gasteiger charge is -2.31. The van der Waals surface area contributed by atoms with Crippen molar-refractivity contribution >= 4 is 18.0 Å². The average Bonchev–Trinajstić information content (AvgIpc) is 3.40. The molecule has 1 saturated heterocycles. The van der Waals surface area contributed by atoms with Crippen molar-refractivity contribution in [3.05, 3.63) is 59.7 Å². The zero-order valence-electron chi connectivity index (χ0n) is 18.6. The molecule has 2 aliphatic rings. The first-order valence-electron chi connectivity index (χ1n) is 11.1. The molecule has 0 aromatic heterocycles. The maximum atomic E-state index is 13.1. The molecule has 0 radical (unpaired) electrons. The second kappa shape index (κ2) is 9.62. The van der Waals surface area contributed by atoms with Crippen LogP contribution >= 0.6 is 0 Å². The van der Waals surface area contributed by atoms with Gasteiger partial charge in [-0.25, -0.2) is 4.79 Å². The molecule has 1 unspecified atom stereocenters. The molecule has 4 rings (SSSR count). The van der Waals surface area contributed by atoms with Crippen molar-refractivity contribution in [2.75, 3.05) is 33.4 Å². The molecule has 1 heterocycles. The SMILES string of the molecule is CN(CCCC(=O)O)C(=O)C1(NC(=O)OCC2c3ccccc3-c3ccccc32)CCOC1. The molecular formula is C25H28N2O6. The first-order chi connectivity index (χ1) is 15.9. The molecule has 0 spiro atoms. The standard InChI is InChI=1S/C25H28N2O6/c1-27(13-6-11-22(28)29)23(30)25(12-14-32-16-25)26-24(31)33-15-21-19-9-4-2-7-17(19)18-8-3-5-10-20(18)21/h2-5,7-10,21H,6,11-16H2,1H3,(H,26,31)(H,28,29). The van der Waals surface area contributed by atoms with Crippen LogP contribution in [-0.4, -0.2) is 66.9 Å². The summed E-state index contributed by atoms with van der Waals surface area (Å²) in [6.07, 6.45) is -0.0330. The first-order valence-corrected chi connectivity index (χ1v) is 11.1. The van der Waals surface area contributed by atoms with Crippen molar-refractivity contribution in [1.82, 2.24) is 10.2 Å². The lowest BCUT2D eigenvalue weighted by atomic mass is 9.96. The molecule has 1 aliphatic carbocycles. The Labute approximate surface area is 192 Å². The number of carbonyl (C=O) groups excluding carboxylic acids is 2. The van der Waals surface area contributed by atoms with Crippen LogP contribution in [-0.2, 0) is 19.1 Å². The zero-order chi connectivity index (χ0) is 23.4. The van der Waals surface area contributed by atoms with Crippen LogP contribution in [0.3, 0.4) is 0 Å². The lowest BCUT2D eigenvalue weighted by molar-refractivity contribution is -0.139. The maximum Gasteiger partial charge on any atom is 0.408 e. The minimum absolute atomic E-state index is 0.0269. The number of hydrogen-bond donors (Lipinski definition) is 2. The van der Waals surface area contributed by atoms with E-state index in [2.05, 4.69) is 17.4 Å². The van der Waals surface area contributed by atoms with Crippen LogP contribution in [0.1, 0.15) is 36.3 Å². The van der Waals surface area contributed by atoms with Crippen LogP contribution in [0.2, 0.25) is 0 Å². The Kier molecular flexibility index (Phi) is 6.65. The van der Waals surface area contributed by atoms with E-state index in [1.54, 1.807) is 7.05 Å². The fourth-order valence-electron chi connectivity index (χ4n) is 4.65. The number of likely N-dealkylation sites (N-methyl/N-ethyl adjacent to an activating group) is 1. The van der Waals surface area contributed by atoms with Gasteiger partial charge >= 0.3 is 12.1 Å². The van der Waals surface area contributed by atoms with E-state index in [0.29, 0.717) is 19.4 Å². The minimum Gasteiger partial charge on any atom is -0.481 e. The summed E-state index contributed by atoms with van der Waals surface area (Å²) >= 11 is 0. The summed E-state index contributed by atoms with van der Waals surface area (Å²) in [5.74, 6) is -1.29. The van der Waals surface area contributed by atoms with E-state index in [9.17, 15) is 14.4 Å². The first kappa shape index (κ1) is 22.8. The Morgan fingerprint density at radius 2 is 1.76 bits per heavy atom. The third-order valence-electron chi connectivity index (χ3n) is 6.35. The zero-order valence-corrected chi connectivity index (χ0v) is 18.6. The van der Waals surface area contributed by atoms with Gasteiger partial charge in [0.2, 0.25) is 0 Å². The maximum absolute atomic E-state index is 13.1. The smallest absolute Gasteiger partial charge is 0.408 e. The van der Waals surface area contributed by atoms with Crippen molar-refractivity contribution < 1.29 is 29.0 Å². The molecule has 1 fully saturated rings. The van der Waals surface area contributed by atoms with Crippen LogP contribution in [0.15, 0.2) is 48.5 Å². The number of benzene rings is 2. The van der Waals surface area contributed by atoms with E-state index in [4.69, 9.17) is 14.6 Å². The van der Waals surface area contributed by atoms with E-state index in [1.807, 2.05) is 36.4 Å². The van der Waals surface area contributed by atoms with Crippen molar-refractivity contribution in [3.8, 4) is 11.1 Å². The van der Waals surface area contributed by atoms with Gasteiger partial charge in [-0.05, 0) is 28.7 Å². The number of hydrogen-bond acceptors (Lipinski definition) is 5. The number of aliphatic carboxylic acids is 1. The van der Waals surface area contributed by atoms with E-state index >= 15 is 0 Å². The largest absolute Gasteiger partial charge is 0.481 e. The number of nitrogens with zero attached hydrogens (tertiary/aromatic N) is 1. The molecule has 0 bridgehead atoms. The van der Waals surface area contributed by atoms with Gasteiger partial charge in [-0.1, -0.05) is 48.5 Å². The normalized spacial score (nSPS) is 18.9. The number of nitrogens with one attached hydrogen (secondary N) is 1. The Morgan fingerprint density at radius 1 is 1.12 bits per heavy atom. The molecule has 2 aromatic rings. The number of fused-ring (bicyclic) bond motifs is 3. The van der Waals surface area contributed by atoms with Gasteiger partial charge in [-0.3, -0.25) is 9.59 Å². The third-order valence-corrected chi connectivity index (χ3v) is 6.35. The van der Waals surface area contributed by atoms with Gasteiger partial charge < -0.3 is 24.8 Å². The fourth-order valence-corrected chi connectivity index (χ4v) is 4.65. The van der Waals surface area contributed by atoms with Crippen molar-refractivity contribution in [3.63, 3.8) is 0 Å². The van der Waals surface area contributed by atoms with Gasteiger partial charge in [0, 0.05) is 39.0 Å². The van der Waals surface area contributed by atoms with Crippen LogP contribution in [0.25, 0.3) is 11.1 Å². The summed E-state index contributed by atoms with van der Waals surface area (Å²) in [7, 11) is 1.60. The second-order valence-corrected chi connectivity index (χ2v) is 8.56. The van der Waals surface area contributed by atoms with E-state index < -0.39 is 17.6 Å². The molecule has 1 atom stereocenters. The number of amides is 2. The van der Waals surface area contributed by atoms with Crippen LogP contribution in [0.4, 0.5) is 4.79 Å². The topological polar surface area (TPSA) is 105 Å². The van der Waals surface area contributed by atoms with Gasteiger partial charge in [0.25, 0.3) is 5.91 Å². The highest BCUT2D eigenvalue weighted by Crippen LogP contribution is 2.44. The molecule has 2 aromatic carbocycles. The molecule has 8 nitrogen and oxygen atoms in total. The Morgan fingerprint density at radius 3 is 2.33 bits per heavy atom. The summed E-state index contributed by atoms with van der Waals surface area (Å²) < 4.78 is 11.0. The lowest BCUT2D eigenvalue weighted by Crippen LogP contribution is -2.60. The highest BCUT2D eigenvalue weighted by atomic mass is 16.6. The summed E-state index contributed by atoms with van der Waals surface area (Å²) in [6, 6.07) is 16.2. The molecule has 1 aliphatic heterocycles. The van der Waals surface area contributed by atoms with Gasteiger partial charge in [0.1, 0.15) is 12.1 Å². The van der Waals surface area contributed by atoms with Crippen molar-refractivity contribution in [2.24, 2.45) is 0 Å². The molecule has 2 N–H and O–H groups in total. The molecule has 0 saturated carbocycles. The predicted molar refractivity (Wildman–Crippen MR) is 121 cm³/mol. The van der Waals surface area contributed by atoms with Crippen molar-refractivity contribution in [1.29, 1.82) is 0 Å². The Balaban J connectivity index is 1.41. The highest BCUT2D eigenvalue weighted by Gasteiger charge is 2.46. The van der Waals surface area contributed by atoms with E-state index in [1.165, 1.54) is 4.90 Å². The Hall–Kier alpha value is -3.39. The second-order valence-electron chi connectivity index (χ2n) is 8.56. The fraction of sp³-hybridized carbons (Fsp3) is 0.400. The summed E-state index contributed by atoms with van der Waals surface area (Å²) in [4.78, 5) is 38.1. The molecule has 33 heavy (non-hydrogen) atoms. The summed E-state index contributed by atoms with van der Waals surface area (Å²) in [5, 5.41) is 11.6. The van der Waals surface area contributed by atoms with Crippen molar-refractivity contribution in [2.45, 2.75) is 30.7 Å². The monoisotopic (exact) mass is 452 g/mol. The van der Waals surface area contributed by atoms with Crippen LogP contribution < -0.4 is 5.32 Å².